The fourth-order valence-corrected chi connectivity index (χ4v) is 3.28. The molecule has 0 aliphatic carbocycles. The quantitative estimate of drug-likeness (QED) is 0.900. The molecule has 0 aromatic carbocycles. The van der Waals surface area contributed by atoms with E-state index in [1.54, 1.807) is 12.4 Å². The van der Waals surface area contributed by atoms with Gasteiger partial charge in [0.25, 0.3) is 0 Å². The van der Waals surface area contributed by atoms with Gasteiger partial charge in [-0.15, -0.1) is 0 Å². The first-order valence-corrected chi connectivity index (χ1v) is 8.24. The van der Waals surface area contributed by atoms with Gasteiger partial charge in [0.1, 0.15) is 0 Å². The number of nitrogens with zero attached hydrogens (tertiary/aromatic N) is 3. The van der Waals surface area contributed by atoms with Crippen molar-refractivity contribution in [2.75, 3.05) is 13.1 Å². The SMILES string of the molecule is CC(C)(C)c1cc(CN2C[C@@H](C(=O)O)[C@H](c3ccncc3)C2)[nH]n1. The van der Waals surface area contributed by atoms with E-state index >= 15 is 0 Å². The van der Waals surface area contributed by atoms with E-state index in [0.29, 0.717) is 13.1 Å². The molecule has 6 nitrogen and oxygen atoms in total. The van der Waals surface area contributed by atoms with Gasteiger partial charge in [0.2, 0.25) is 0 Å². The Morgan fingerprint density at radius 1 is 1.33 bits per heavy atom. The summed E-state index contributed by atoms with van der Waals surface area (Å²) in [5.74, 6) is -1.13. The van der Waals surface area contributed by atoms with Gasteiger partial charge in [-0.05, 0) is 23.8 Å². The van der Waals surface area contributed by atoms with E-state index in [1.165, 1.54) is 0 Å². The Morgan fingerprint density at radius 3 is 2.62 bits per heavy atom. The van der Waals surface area contributed by atoms with Crippen LogP contribution in [0.2, 0.25) is 0 Å². The van der Waals surface area contributed by atoms with Crippen molar-refractivity contribution >= 4 is 5.97 Å². The molecule has 1 saturated heterocycles. The zero-order valence-corrected chi connectivity index (χ0v) is 14.4. The lowest BCUT2D eigenvalue weighted by Gasteiger charge is -2.15. The molecule has 128 valence electrons. The molecule has 2 aromatic rings. The Bertz CT molecular complexity index is 705. The van der Waals surface area contributed by atoms with Gasteiger partial charge in [-0.25, -0.2) is 0 Å². The molecule has 0 radical (unpaired) electrons. The second-order valence-corrected chi connectivity index (χ2v) is 7.55. The molecule has 1 aliphatic rings. The van der Waals surface area contributed by atoms with Crippen LogP contribution in [0.3, 0.4) is 0 Å². The summed E-state index contributed by atoms with van der Waals surface area (Å²) in [6.07, 6.45) is 3.45. The van der Waals surface area contributed by atoms with E-state index in [9.17, 15) is 9.90 Å². The van der Waals surface area contributed by atoms with Crippen molar-refractivity contribution in [3.8, 4) is 0 Å². The van der Waals surface area contributed by atoms with Crippen LogP contribution in [0, 0.1) is 5.92 Å². The summed E-state index contributed by atoms with van der Waals surface area (Å²) in [5, 5.41) is 17.1. The van der Waals surface area contributed by atoms with Crippen molar-refractivity contribution in [3.05, 3.63) is 47.5 Å². The summed E-state index contributed by atoms with van der Waals surface area (Å²) in [4.78, 5) is 17.9. The predicted molar refractivity (Wildman–Crippen MR) is 90.7 cm³/mol. The molecule has 1 fully saturated rings. The van der Waals surface area contributed by atoms with Crippen LogP contribution in [-0.4, -0.2) is 44.2 Å². The first kappa shape index (κ1) is 16.6. The Labute approximate surface area is 141 Å². The largest absolute Gasteiger partial charge is 0.481 e. The fourth-order valence-electron chi connectivity index (χ4n) is 3.28. The highest BCUT2D eigenvalue weighted by molar-refractivity contribution is 5.72. The smallest absolute Gasteiger partial charge is 0.308 e. The number of hydrogen-bond acceptors (Lipinski definition) is 4. The average molecular weight is 328 g/mol. The number of nitrogens with one attached hydrogen (secondary N) is 1. The molecule has 0 amide bonds. The van der Waals surface area contributed by atoms with Crippen LogP contribution < -0.4 is 0 Å². The minimum Gasteiger partial charge on any atom is -0.481 e. The van der Waals surface area contributed by atoms with Crippen molar-refractivity contribution in [3.63, 3.8) is 0 Å². The van der Waals surface area contributed by atoms with Gasteiger partial charge in [-0.2, -0.15) is 5.10 Å². The van der Waals surface area contributed by atoms with E-state index < -0.39 is 11.9 Å². The van der Waals surface area contributed by atoms with E-state index in [1.807, 2.05) is 12.1 Å². The fraction of sp³-hybridized carbons (Fsp3) is 0.500. The van der Waals surface area contributed by atoms with Crippen molar-refractivity contribution in [1.29, 1.82) is 0 Å². The van der Waals surface area contributed by atoms with E-state index in [-0.39, 0.29) is 11.3 Å². The van der Waals surface area contributed by atoms with E-state index in [2.05, 4.69) is 46.9 Å². The van der Waals surface area contributed by atoms with Crippen LogP contribution in [0.5, 0.6) is 0 Å². The van der Waals surface area contributed by atoms with Gasteiger partial charge in [-0.3, -0.25) is 19.8 Å². The Hall–Kier alpha value is -2.21. The third-order valence-corrected chi connectivity index (χ3v) is 4.64. The van der Waals surface area contributed by atoms with Gasteiger partial charge in [-0.1, -0.05) is 20.8 Å². The molecule has 1 aliphatic heterocycles. The molecule has 0 unspecified atom stereocenters. The molecule has 3 heterocycles. The van der Waals surface area contributed by atoms with Crippen LogP contribution in [0.25, 0.3) is 0 Å². The number of likely N-dealkylation sites (tertiary alicyclic amines) is 1. The lowest BCUT2D eigenvalue weighted by Crippen LogP contribution is -2.23. The molecule has 2 aromatic heterocycles. The normalized spacial score (nSPS) is 22.0. The number of pyridine rings is 1. The minimum atomic E-state index is -0.737. The van der Waals surface area contributed by atoms with Gasteiger partial charge in [0.15, 0.2) is 0 Å². The molecule has 0 bridgehead atoms. The highest BCUT2D eigenvalue weighted by Crippen LogP contribution is 2.33. The zero-order valence-electron chi connectivity index (χ0n) is 14.4. The van der Waals surface area contributed by atoms with E-state index in [4.69, 9.17) is 0 Å². The Balaban J connectivity index is 1.74. The van der Waals surface area contributed by atoms with Crippen molar-refractivity contribution < 1.29 is 9.90 Å². The molecule has 2 N–H and O–H groups in total. The maximum absolute atomic E-state index is 11.7. The summed E-state index contributed by atoms with van der Waals surface area (Å²) in [6.45, 7) is 8.35. The second-order valence-electron chi connectivity index (χ2n) is 7.55. The van der Waals surface area contributed by atoms with E-state index in [0.717, 1.165) is 23.5 Å². The first-order chi connectivity index (χ1) is 11.3. The van der Waals surface area contributed by atoms with Crippen LogP contribution in [0.15, 0.2) is 30.6 Å². The summed E-state index contributed by atoms with van der Waals surface area (Å²) < 4.78 is 0. The predicted octanol–water partition coefficient (Wildman–Crippen LogP) is 2.40. The summed E-state index contributed by atoms with van der Waals surface area (Å²) in [6, 6.07) is 5.91. The number of carboxylic acids is 1. The molecule has 24 heavy (non-hydrogen) atoms. The number of aromatic amines is 1. The maximum Gasteiger partial charge on any atom is 0.308 e. The summed E-state index contributed by atoms with van der Waals surface area (Å²) in [7, 11) is 0. The second kappa shape index (κ2) is 6.36. The molecule has 3 rings (SSSR count). The topological polar surface area (TPSA) is 82.1 Å². The number of carboxylic acid groups (broad SMARTS) is 1. The van der Waals surface area contributed by atoms with Crippen LogP contribution in [-0.2, 0) is 16.8 Å². The number of H-pyrrole nitrogens is 1. The van der Waals surface area contributed by atoms with Gasteiger partial charge in [0, 0.05) is 49.1 Å². The summed E-state index contributed by atoms with van der Waals surface area (Å²) >= 11 is 0. The number of aromatic nitrogens is 3. The molecular weight excluding hydrogens is 304 g/mol. The first-order valence-electron chi connectivity index (χ1n) is 8.24. The number of rotatable bonds is 4. The van der Waals surface area contributed by atoms with Gasteiger partial charge >= 0.3 is 5.97 Å². The van der Waals surface area contributed by atoms with Gasteiger partial charge in [0.05, 0.1) is 11.6 Å². The standard InChI is InChI=1S/C18H24N4O2/c1-18(2,3)16-8-13(20-21-16)9-22-10-14(15(11-22)17(23)24)12-4-6-19-7-5-12/h4-8,14-15H,9-11H2,1-3H3,(H,20,21)(H,23,24)/t14-,15+/m0/s1. The lowest BCUT2D eigenvalue weighted by atomic mass is 9.90. The number of hydrogen-bond donors (Lipinski definition) is 2. The molecule has 6 heteroatoms. The monoisotopic (exact) mass is 328 g/mol. The number of carbonyl (C=O) groups is 1. The zero-order chi connectivity index (χ0) is 17.3. The highest BCUT2D eigenvalue weighted by Gasteiger charge is 2.38. The van der Waals surface area contributed by atoms with Gasteiger partial charge < -0.3 is 5.11 Å². The van der Waals surface area contributed by atoms with Crippen LogP contribution >= 0.6 is 0 Å². The third-order valence-electron chi connectivity index (χ3n) is 4.64. The molecule has 0 spiro atoms. The molecular formula is C18H24N4O2. The summed E-state index contributed by atoms with van der Waals surface area (Å²) in [5.41, 5.74) is 3.10. The van der Waals surface area contributed by atoms with Crippen molar-refractivity contribution in [2.45, 2.75) is 38.6 Å². The lowest BCUT2D eigenvalue weighted by molar-refractivity contribution is -0.141. The van der Waals surface area contributed by atoms with Crippen LogP contribution in [0.4, 0.5) is 0 Å². The maximum atomic E-state index is 11.7. The molecule has 2 atom stereocenters. The number of aliphatic carboxylic acids is 1. The van der Waals surface area contributed by atoms with Crippen LogP contribution in [0.1, 0.15) is 43.6 Å². The highest BCUT2D eigenvalue weighted by atomic mass is 16.4. The Morgan fingerprint density at radius 2 is 2.04 bits per heavy atom. The van der Waals surface area contributed by atoms with Crippen molar-refractivity contribution in [1.82, 2.24) is 20.1 Å². The van der Waals surface area contributed by atoms with Crippen molar-refractivity contribution in [2.24, 2.45) is 5.92 Å². The Kier molecular flexibility index (Phi) is 4.41. The minimum absolute atomic E-state index is 0.00291. The average Bonchev–Trinajstić information content (AvgIpc) is 3.15. The molecule has 0 saturated carbocycles. The third kappa shape index (κ3) is 3.48.